The van der Waals surface area contributed by atoms with Crippen LogP contribution >= 0.6 is 0 Å². The van der Waals surface area contributed by atoms with E-state index in [4.69, 9.17) is 19.2 Å². The third-order valence-electron chi connectivity index (χ3n) is 12.1. The number of hydrogen-bond acceptors (Lipinski definition) is 7. The Hall–Kier alpha value is -4.02. The topological polar surface area (TPSA) is 69.6 Å². The molecular formula is C47H59F3N4O3. The summed E-state index contributed by atoms with van der Waals surface area (Å²) in [6, 6.07) is 15.4. The van der Waals surface area contributed by atoms with E-state index in [0.29, 0.717) is 75.2 Å². The largest absolute Gasteiger partial charge is 0.497 e. The second-order valence-corrected chi connectivity index (χ2v) is 17.8. The summed E-state index contributed by atoms with van der Waals surface area (Å²) in [5.74, 6) is -1.09. The molecule has 10 heteroatoms. The molecular weight excluding hydrogens is 726 g/mol. The molecule has 0 unspecified atom stereocenters. The van der Waals surface area contributed by atoms with Gasteiger partial charge in [0.2, 0.25) is 11.9 Å². The monoisotopic (exact) mass is 784 g/mol. The van der Waals surface area contributed by atoms with Crippen LogP contribution in [0, 0.1) is 18.3 Å². The Bertz CT molecular complexity index is 1930. The van der Waals surface area contributed by atoms with Crippen LogP contribution in [0.2, 0.25) is 0 Å². The Labute approximate surface area is 336 Å². The minimum Gasteiger partial charge on any atom is -0.497 e. The fourth-order valence-electron chi connectivity index (χ4n) is 8.99. The van der Waals surface area contributed by atoms with Gasteiger partial charge in [0.15, 0.2) is 6.17 Å². The Morgan fingerprint density at radius 3 is 2.14 bits per heavy atom. The smallest absolute Gasteiger partial charge is 0.248 e. The van der Waals surface area contributed by atoms with Gasteiger partial charge in [-0.05, 0) is 91.5 Å². The minimum atomic E-state index is -2.72. The number of pyridine rings is 1. The van der Waals surface area contributed by atoms with Crippen LogP contribution < -0.4 is 9.64 Å². The number of fused-ring (bicyclic) bond motifs is 1. The summed E-state index contributed by atoms with van der Waals surface area (Å²) in [6.45, 7) is 13.6. The average Bonchev–Trinajstić information content (AvgIpc) is 3.19. The van der Waals surface area contributed by atoms with Crippen molar-refractivity contribution in [3.05, 3.63) is 111 Å². The molecule has 0 amide bonds. The van der Waals surface area contributed by atoms with Crippen LogP contribution in [0.4, 0.5) is 19.1 Å². The standard InChI is InChI=1S/C47H59F3N4O3/c1-30(2)27-56-28-33-25-51-45(52-26-33)54-21-17-36(18-22-54)44-42(43(48)35-11-7-31(3)8-12-35)40(34-15-19-47(49,50)20-16-34)41-38(53-44)23-46(4,5)24-39(41)57-29-32-9-13-37(55-6)14-10-32/h7-14,25-26,30,34,36,39,43H,15-24,27-29H2,1-6H3/t39-,43-/m0/s1. The molecule has 4 aromatic rings. The van der Waals surface area contributed by atoms with E-state index in [9.17, 15) is 8.78 Å². The SMILES string of the molecule is COc1ccc(CO[C@H]2CC(C)(C)Cc3nc(C4CCN(c5ncc(COCC(C)C)cn5)CC4)c([C@@H](F)c4ccc(C)cc4)c(C4CCC(F)(F)CC4)c32)cc1. The molecule has 2 aliphatic carbocycles. The highest BCUT2D eigenvalue weighted by molar-refractivity contribution is 5.51. The van der Waals surface area contributed by atoms with Gasteiger partial charge in [0, 0.05) is 73.2 Å². The predicted octanol–water partition coefficient (Wildman–Crippen LogP) is 11.3. The van der Waals surface area contributed by atoms with Crippen LogP contribution in [0.1, 0.15) is 147 Å². The Balaban J connectivity index is 1.27. The average molecular weight is 785 g/mol. The maximum absolute atomic E-state index is 17.8. The fourth-order valence-corrected chi connectivity index (χ4v) is 8.99. The van der Waals surface area contributed by atoms with Crippen LogP contribution in [0.15, 0.2) is 60.9 Å². The molecule has 3 aliphatic rings. The van der Waals surface area contributed by atoms with E-state index in [1.165, 1.54) is 0 Å². The van der Waals surface area contributed by atoms with Crippen molar-refractivity contribution in [3.8, 4) is 5.75 Å². The number of aryl methyl sites for hydroxylation is 1. The van der Waals surface area contributed by atoms with Crippen LogP contribution in [-0.4, -0.2) is 47.7 Å². The number of piperidine rings is 1. The van der Waals surface area contributed by atoms with Gasteiger partial charge in [0.1, 0.15) is 5.75 Å². The summed E-state index contributed by atoms with van der Waals surface area (Å²) in [7, 11) is 1.64. The molecule has 1 saturated carbocycles. The molecule has 2 fully saturated rings. The first-order chi connectivity index (χ1) is 27.3. The van der Waals surface area contributed by atoms with Crippen molar-refractivity contribution in [1.82, 2.24) is 15.0 Å². The number of halogens is 3. The third kappa shape index (κ3) is 9.82. The molecule has 7 nitrogen and oxygen atoms in total. The van der Waals surface area contributed by atoms with E-state index in [1.54, 1.807) is 7.11 Å². The van der Waals surface area contributed by atoms with E-state index in [0.717, 1.165) is 64.2 Å². The third-order valence-corrected chi connectivity index (χ3v) is 12.1. The van der Waals surface area contributed by atoms with E-state index >= 15 is 4.39 Å². The Morgan fingerprint density at radius 1 is 0.842 bits per heavy atom. The molecule has 57 heavy (non-hydrogen) atoms. The minimum absolute atomic E-state index is 0.0264. The zero-order valence-corrected chi connectivity index (χ0v) is 34.5. The highest BCUT2D eigenvalue weighted by Gasteiger charge is 2.44. The van der Waals surface area contributed by atoms with Gasteiger partial charge in [0.05, 0.1) is 32.1 Å². The first-order valence-electron chi connectivity index (χ1n) is 20.8. The maximum atomic E-state index is 17.8. The number of rotatable bonds is 13. The van der Waals surface area contributed by atoms with Gasteiger partial charge < -0.3 is 19.1 Å². The van der Waals surface area contributed by atoms with Gasteiger partial charge in [-0.1, -0.05) is 69.7 Å². The maximum Gasteiger partial charge on any atom is 0.248 e. The number of ether oxygens (including phenoxy) is 3. The molecule has 0 N–H and O–H groups in total. The molecule has 0 radical (unpaired) electrons. The number of aromatic nitrogens is 3. The van der Waals surface area contributed by atoms with Crippen molar-refractivity contribution in [3.63, 3.8) is 0 Å². The molecule has 0 spiro atoms. The fraction of sp³-hybridized carbons (Fsp3) is 0.553. The molecule has 7 rings (SSSR count). The number of methoxy groups -OCH3 is 1. The first kappa shape index (κ1) is 41.2. The van der Waals surface area contributed by atoms with Gasteiger partial charge in [-0.3, -0.25) is 4.98 Å². The summed E-state index contributed by atoms with van der Waals surface area (Å²) in [4.78, 5) is 17.1. The number of hydrogen-bond donors (Lipinski definition) is 0. The zero-order valence-electron chi connectivity index (χ0n) is 34.5. The van der Waals surface area contributed by atoms with Crippen LogP contribution in [0.5, 0.6) is 5.75 Å². The van der Waals surface area contributed by atoms with Crippen molar-refractivity contribution in [2.24, 2.45) is 11.3 Å². The molecule has 1 saturated heterocycles. The summed E-state index contributed by atoms with van der Waals surface area (Å²) in [6.07, 6.45) is 4.89. The van der Waals surface area contributed by atoms with Gasteiger partial charge in [0.25, 0.3) is 0 Å². The zero-order chi connectivity index (χ0) is 40.3. The number of anilines is 1. The normalized spacial score (nSPS) is 20.4. The van der Waals surface area contributed by atoms with Gasteiger partial charge in [-0.2, -0.15) is 0 Å². The molecule has 2 aromatic carbocycles. The lowest BCUT2D eigenvalue weighted by atomic mass is 9.68. The summed E-state index contributed by atoms with van der Waals surface area (Å²) in [5.41, 5.74) is 7.47. The van der Waals surface area contributed by atoms with Crippen LogP contribution in [-0.2, 0) is 29.1 Å². The number of alkyl halides is 3. The molecule has 0 bridgehead atoms. The van der Waals surface area contributed by atoms with Crippen molar-refractivity contribution in [1.29, 1.82) is 0 Å². The summed E-state index contributed by atoms with van der Waals surface area (Å²) in [5, 5.41) is 0. The Kier molecular flexibility index (Phi) is 12.6. The van der Waals surface area contributed by atoms with Crippen LogP contribution in [0.25, 0.3) is 0 Å². The highest BCUT2D eigenvalue weighted by Crippen LogP contribution is 2.53. The second kappa shape index (κ2) is 17.5. The highest BCUT2D eigenvalue weighted by atomic mass is 19.3. The lowest BCUT2D eigenvalue weighted by Crippen LogP contribution is -2.36. The van der Waals surface area contributed by atoms with E-state index in [1.807, 2.05) is 67.8 Å². The molecule has 2 atom stereocenters. The molecule has 1 aliphatic heterocycles. The van der Waals surface area contributed by atoms with E-state index < -0.39 is 12.1 Å². The number of benzene rings is 2. The summed E-state index contributed by atoms with van der Waals surface area (Å²) >= 11 is 0. The Morgan fingerprint density at radius 2 is 1.51 bits per heavy atom. The van der Waals surface area contributed by atoms with E-state index in [2.05, 4.69) is 42.6 Å². The van der Waals surface area contributed by atoms with Crippen molar-refractivity contribution >= 4 is 5.95 Å². The number of nitrogens with zero attached hydrogens (tertiary/aromatic N) is 4. The van der Waals surface area contributed by atoms with E-state index in [-0.39, 0.29) is 36.2 Å². The molecule has 2 aromatic heterocycles. The molecule has 3 heterocycles. The van der Waals surface area contributed by atoms with Gasteiger partial charge in [-0.15, -0.1) is 0 Å². The second-order valence-electron chi connectivity index (χ2n) is 17.8. The van der Waals surface area contributed by atoms with Crippen molar-refractivity contribution < 1.29 is 27.4 Å². The van der Waals surface area contributed by atoms with Gasteiger partial charge >= 0.3 is 0 Å². The summed E-state index contributed by atoms with van der Waals surface area (Å²) < 4.78 is 65.5. The van der Waals surface area contributed by atoms with Crippen molar-refractivity contribution in [2.45, 2.75) is 129 Å². The lowest BCUT2D eigenvalue weighted by Gasteiger charge is -2.42. The first-order valence-corrected chi connectivity index (χ1v) is 20.8. The lowest BCUT2D eigenvalue weighted by molar-refractivity contribution is -0.0390. The molecule has 306 valence electrons. The van der Waals surface area contributed by atoms with Crippen molar-refractivity contribution in [2.75, 3.05) is 31.7 Å². The van der Waals surface area contributed by atoms with Crippen LogP contribution in [0.3, 0.4) is 0 Å². The van der Waals surface area contributed by atoms with Gasteiger partial charge in [-0.25, -0.2) is 23.1 Å². The predicted molar refractivity (Wildman–Crippen MR) is 218 cm³/mol. The quantitative estimate of drug-likeness (QED) is 0.134.